The summed E-state index contributed by atoms with van der Waals surface area (Å²) in [6, 6.07) is 6.61. The smallest absolute Gasteiger partial charge is 0.303 e. The number of halogens is 4. The minimum Gasteiger partial charge on any atom is -0.303 e. The molecule has 1 aromatic carbocycles. The molecule has 0 unspecified atom stereocenters. The van der Waals surface area contributed by atoms with E-state index in [2.05, 4.69) is 21.5 Å². The molecule has 1 amide bonds. The van der Waals surface area contributed by atoms with Crippen LogP contribution in [0, 0.1) is 5.95 Å². The Bertz CT molecular complexity index is 1330. The van der Waals surface area contributed by atoms with Gasteiger partial charge in [-0.05, 0) is 43.0 Å². The van der Waals surface area contributed by atoms with E-state index in [1.165, 1.54) is 24.5 Å². The third-order valence-corrected chi connectivity index (χ3v) is 6.83. The van der Waals surface area contributed by atoms with Gasteiger partial charge in [0.2, 0.25) is 11.9 Å². The molecule has 0 aliphatic carbocycles. The molecule has 3 rings (SSSR count). The molecule has 0 saturated carbocycles. The number of carbonyl (C=O) groups is 1. The van der Waals surface area contributed by atoms with E-state index in [1.807, 2.05) is 0 Å². The number of amides is 1. The molecule has 0 atom stereocenters. The second kappa shape index (κ2) is 14.7. The Balaban J connectivity index is 1.94. The van der Waals surface area contributed by atoms with Crippen LogP contribution in [0.5, 0.6) is 0 Å². The highest BCUT2D eigenvalue weighted by Gasteiger charge is 2.35. The Labute approximate surface area is 235 Å². The molecule has 9 nitrogen and oxygen atoms in total. The number of aromatic nitrogens is 3. The van der Waals surface area contributed by atoms with Crippen molar-refractivity contribution in [1.82, 2.24) is 14.9 Å². The van der Waals surface area contributed by atoms with Crippen molar-refractivity contribution in [1.29, 1.82) is 0 Å². The molecule has 224 valence electrons. The first kappa shape index (κ1) is 32.4. The van der Waals surface area contributed by atoms with E-state index in [9.17, 15) is 26.9 Å². The van der Waals surface area contributed by atoms with Gasteiger partial charge in [-0.2, -0.15) is 22.4 Å². The Morgan fingerprint density at radius 1 is 1.10 bits per heavy atom. The summed E-state index contributed by atoms with van der Waals surface area (Å²) in [5.74, 6) is -1.77. The number of rotatable bonds is 15. The molecule has 2 heterocycles. The van der Waals surface area contributed by atoms with E-state index in [1.54, 1.807) is 12.1 Å². The van der Waals surface area contributed by atoms with Crippen molar-refractivity contribution in [3.8, 4) is 11.1 Å². The summed E-state index contributed by atoms with van der Waals surface area (Å²) in [5, 5.41) is 4.54. The summed E-state index contributed by atoms with van der Waals surface area (Å²) in [4.78, 5) is 35.7. The summed E-state index contributed by atoms with van der Waals surface area (Å²) < 4.78 is 72.6. The highest BCUT2D eigenvalue weighted by atomic mass is 31.2. The van der Waals surface area contributed by atoms with Crippen LogP contribution < -0.4 is 5.01 Å². The van der Waals surface area contributed by atoms with E-state index in [0.29, 0.717) is 12.0 Å². The number of phosphoric acid groups is 1. The first-order chi connectivity index (χ1) is 19.4. The van der Waals surface area contributed by atoms with Gasteiger partial charge in [0, 0.05) is 24.4 Å². The van der Waals surface area contributed by atoms with Gasteiger partial charge in [0.25, 0.3) is 0 Å². The molecule has 0 saturated heterocycles. The lowest BCUT2D eigenvalue weighted by Gasteiger charge is -2.24. The molecule has 3 aromatic rings. The maximum Gasteiger partial charge on any atom is 0.469 e. The molecule has 2 N–H and O–H groups in total. The average Bonchev–Trinajstić information content (AvgIpc) is 3.29. The van der Waals surface area contributed by atoms with Gasteiger partial charge >= 0.3 is 14.0 Å². The maximum absolute atomic E-state index is 14.9. The lowest BCUT2D eigenvalue weighted by atomic mass is 9.99. The van der Waals surface area contributed by atoms with Crippen LogP contribution in [0.2, 0.25) is 0 Å². The Hall–Kier alpha value is -3.12. The standard InChI is InChI=1S/C27H33F4N4O5P/c1-2-3-4-5-6-7-10-20-13-14-22(17-24(20)27(29,30)31)35(25(36)12-9-16-40-41(37,38)39)34-19-23(26(28)33-34)21-11-8-15-32-18-21/h8,11,13-15,17-19H,2-7,9-10,12,16H2,1H3,(H2,37,38,39). The van der Waals surface area contributed by atoms with Crippen LogP contribution in [0.25, 0.3) is 11.1 Å². The number of hydrogen-bond donors (Lipinski definition) is 2. The fourth-order valence-electron chi connectivity index (χ4n) is 4.32. The fourth-order valence-corrected chi connectivity index (χ4v) is 4.69. The van der Waals surface area contributed by atoms with Crippen LogP contribution in [0.1, 0.15) is 69.4 Å². The Kier molecular flexibility index (Phi) is 11.6. The molecule has 0 spiro atoms. The van der Waals surface area contributed by atoms with Gasteiger partial charge in [0.1, 0.15) is 0 Å². The van der Waals surface area contributed by atoms with Gasteiger partial charge in [0.15, 0.2) is 0 Å². The lowest BCUT2D eigenvalue weighted by Crippen LogP contribution is -2.37. The number of nitrogens with zero attached hydrogens (tertiary/aromatic N) is 4. The summed E-state index contributed by atoms with van der Waals surface area (Å²) in [5.41, 5.74) is -0.723. The number of unbranched alkanes of at least 4 members (excludes halogenated alkanes) is 5. The van der Waals surface area contributed by atoms with E-state index in [0.717, 1.165) is 54.2 Å². The van der Waals surface area contributed by atoms with Gasteiger partial charge < -0.3 is 9.79 Å². The van der Waals surface area contributed by atoms with Crippen LogP contribution >= 0.6 is 7.82 Å². The number of carbonyl (C=O) groups excluding carboxylic acids is 1. The monoisotopic (exact) mass is 600 g/mol. The summed E-state index contributed by atoms with van der Waals surface area (Å²) in [7, 11) is -4.77. The lowest BCUT2D eigenvalue weighted by molar-refractivity contribution is -0.138. The predicted molar refractivity (Wildman–Crippen MR) is 144 cm³/mol. The second-order valence-corrected chi connectivity index (χ2v) is 10.7. The number of anilines is 1. The number of hydrogen-bond acceptors (Lipinski definition) is 5. The summed E-state index contributed by atoms with van der Waals surface area (Å²) in [6.45, 7) is 1.60. The number of phosphoric ester groups is 1. The first-order valence-corrected chi connectivity index (χ1v) is 14.8. The molecule has 0 bridgehead atoms. The molecule has 41 heavy (non-hydrogen) atoms. The Morgan fingerprint density at radius 3 is 2.49 bits per heavy atom. The Morgan fingerprint density at radius 2 is 1.83 bits per heavy atom. The molecule has 0 fully saturated rings. The van der Waals surface area contributed by atoms with Crippen LogP contribution in [0.4, 0.5) is 23.2 Å². The average molecular weight is 601 g/mol. The van der Waals surface area contributed by atoms with Crippen molar-refractivity contribution >= 4 is 19.4 Å². The number of aryl methyl sites for hydroxylation is 1. The molecular formula is C27H33F4N4O5P. The summed E-state index contributed by atoms with van der Waals surface area (Å²) >= 11 is 0. The summed E-state index contributed by atoms with van der Waals surface area (Å²) in [6.07, 6.45) is 4.43. The molecule has 0 aliphatic heterocycles. The van der Waals surface area contributed by atoms with E-state index in [-0.39, 0.29) is 36.1 Å². The van der Waals surface area contributed by atoms with Crippen molar-refractivity contribution in [3.63, 3.8) is 0 Å². The normalized spacial score (nSPS) is 12.1. The van der Waals surface area contributed by atoms with E-state index < -0.39 is 38.0 Å². The minimum atomic E-state index is -4.77. The molecule has 2 aromatic heterocycles. The zero-order valence-electron chi connectivity index (χ0n) is 22.6. The third kappa shape index (κ3) is 9.74. The van der Waals surface area contributed by atoms with Crippen LogP contribution in [-0.2, 0) is 26.5 Å². The third-order valence-electron chi connectivity index (χ3n) is 6.31. The topological polar surface area (TPSA) is 118 Å². The first-order valence-electron chi connectivity index (χ1n) is 13.3. The number of benzene rings is 1. The minimum absolute atomic E-state index is 0.0310. The largest absolute Gasteiger partial charge is 0.469 e. The second-order valence-electron chi connectivity index (χ2n) is 9.49. The van der Waals surface area contributed by atoms with Gasteiger partial charge in [-0.3, -0.25) is 14.3 Å². The fraction of sp³-hybridized carbons (Fsp3) is 0.444. The van der Waals surface area contributed by atoms with E-state index >= 15 is 0 Å². The van der Waals surface area contributed by atoms with Crippen molar-refractivity contribution in [2.75, 3.05) is 11.6 Å². The molecule has 0 radical (unpaired) electrons. The van der Waals surface area contributed by atoms with Gasteiger partial charge in [0.05, 0.1) is 29.6 Å². The predicted octanol–water partition coefficient (Wildman–Crippen LogP) is 6.69. The molecule has 0 aliphatic rings. The van der Waals surface area contributed by atoms with Crippen LogP contribution in [0.3, 0.4) is 0 Å². The van der Waals surface area contributed by atoms with Crippen LogP contribution in [0.15, 0.2) is 48.9 Å². The number of alkyl halides is 3. The molecule has 14 heteroatoms. The van der Waals surface area contributed by atoms with Crippen LogP contribution in [-0.4, -0.2) is 37.2 Å². The van der Waals surface area contributed by atoms with Crippen molar-refractivity contribution in [2.45, 2.75) is 70.9 Å². The number of pyridine rings is 1. The zero-order valence-corrected chi connectivity index (χ0v) is 23.5. The van der Waals surface area contributed by atoms with Crippen molar-refractivity contribution < 1.29 is 41.2 Å². The van der Waals surface area contributed by atoms with Crippen molar-refractivity contribution in [3.05, 3.63) is 66.0 Å². The van der Waals surface area contributed by atoms with E-state index in [4.69, 9.17) is 9.79 Å². The van der Waals surface area contributed by atoms with Gasteiger partial charge in [-0.25, -0.2) is 9.57 Å². The van der Waals surface area contributed by atoms with Gasteiger partial charge in [-0.15, -0.1) is 5.10 Å². The highest BCUT2D eigenvalue weighted by molar-refractivity contribution is 7.46. The molecular weight excluding hydrogens is 567 g/mol. The SMILES string of the molecule is CCCCCCCCc1ccc(N(C(=O)CCCOP(=O)(O)O)n2cc(-c3cccnc3)c(F)n2)cc1C(F)(F)F. The zero-order chi connectivity index (χ0) is 30.0. The van der Waals surface area contributed by atoms with Gasteiger partial charge in [-0.1, -0.05) is 51.2 Å². The highest BCUT2D eigenvalue weighted by Crippen LogP contribution is 2.37. The maximum atomic E-state index is 14.9. The van der Waals surface area contributed by atoms with Crippen molar-refractivity contribution in [2.24, 2.45) is 0 Å². The quantitative estimate of drug-likeness (QED) is 0.113.